The number of rotatable bonds is 16. The van der Waals surface area contributed by atoms with Gasteiger partial charge in [0.15, 0.2) is 6.73 Å². The van der Waals surface area contributed by atoms with Crippen LogP contribution in [-0.4, -0.2) is 36.3 Å². The summed E-state index contributed by atoms with van der Waals surface area (Å²) in [5.41, 5.74) is 0. The van der Waals surface area contributed by atoms with E-state index in [1.165, 1.54) is 70.6 Å². The summed E-state index contributed by atoms with van der Waals surface area (Å²) in [5, 5.41) is 9.13. The van der Waals surface area contributed by atoms with Crippen molar-refractivity contribution in [3.05, 3.63) is 12.2 Å². The second-order valence-electron chi connectivity index (χ2n) is 7.55. The van der Waals surface area contributed by atoms with E-state index in [9.17, 15) is 4.79 Å². The van der Waals surface area contributed by atoms with Crippen LogP contribution in [0.5, 0.6) is 0 Å². The molecule has 0 aliphatic carbocycles. The molecule has 0 radical (unpaired) electrons. The largest absolute Gasteiger partial charge is 1.00 e. The fraction of sp³-hybridized carbons (Fsp3) is 0.857. The van der Waals surface area contributed by atoms with Crippen LogP contribution in [0.15, 0.2) is 12.2 Å². The molecule has 1 N–H and O–H groups in total. The van der Waals surface area contributed by atoms with Crippen LogP contribution in [-0.2, 0) is 4.79 Å². The monoisotopic (exact) mass is 419 g/mol. The number of amides is 1. The van der Waals surface area contributed by atoms with Crippen LogP contribution in [0.2, 0.25) is 0 Å². The van der Waals surface area contributed by atoms with Crippen molar-refractivity contribution in [3.8, 4) is 0 Å². The van der Waals surface area contributed by atoms with Crippen molar-refractivity contribution in [2.45, 2.75) is 96.8 Å². The van der Waals surface area contributed by atoms with Crippen LogP contribution < -0.4 is 17.0 Å². The number of quaternary nitrogens is 1. The number of allylic oxidation sites excluding steroid dienone is 2. The Kier molecular flexibility index (Phi) is 20.1. The van der Waals surface area contributed by atoms with E-state index in [1.807, 2.05) is 0 Å². The molecule has 0 atom stereocenters. The molecule has 0 aromatic carbocycles. The first kappa shape index (κ1) is 27.0. The summed E-state index contributed by atoms with van der Waals surface area (Å²) >= 11 is 0. The molecular weight excluding hydrogens is 378 g/mol. The lowest BCUT2D eigenvalue weighted by atomic mass is 10.1. The number of halogens is 1. The summed E-state index contributed by atoms with van der Waals surface area (Å²) in [6.07, 6.45) is 21.8. The van der Waals surface area contributed by atoms with Crippen molar-refractivity contribution in [3.63, 3.8) is 0 Å². The zero-order chi connectivity index (χ0) is 18.1. The number of aliphatic hydroxyl groups is 1. The maximum Gasteiger partial charge on any atom is 0.315 e. The van der Waals surface area contributed by atoms with E-state index in [2.05, 4.69) is 19.1 Å². The molecule has 0 heterocycles. The highest BCUT2D eigenvalue weighted by atomic mass is 79.9. The van der Waals surface area contributed by atoms with Gasteiger partial charge in [-0.2, -0.15) is 0 Å². The van der Waals surface area contributed by atoms with Crippen molar-refractivity contribution >= 4 is 5.91 Å². The van der Waals surface area contributed by atoms with Gasteiger partial charge in [0, 0.05) is 0 Å². The van der Waals surface area contributed by atoms with Gasteiger partial charge < -0.3 is 22.1 Å². The number of unbranched alkanes of at least 4 members (excludes halogenated alkanes) is 11. The Balaban J connectivity index is 0. The normalized spacial score (nSPS) is 11.7. The molecule has 0 rings (SSSR count). The summed E-state index contributed by atoms with van der Waals surface area (Å²) in [7, 11) is 3.53. The standard InChI is InChI=1S/C21H42NO2.BrH/c1-4-5-6-7-8-9-10-11-12-13-14-15-16-17-18-19-21(24)22(2,3)20-23;/h11-12,23H,4-10,13-20H2,1-3H3;1H/q+1;/p-1. The first-order chi connectivity index (χ1) is 11.5. The molecule has 4 heteroatoms. The van der Waals surface area contributed by atoms with Gasteiger partial charge in [0.25, 0.3) is 0 Å². The molecule has 25 heavy (non-hydrogen) atoms. The Hall–Kier alpha value is -0.190. The first-order valence-corrected chi connectivity index (χ1v) is 10.2. The second kappa shape index (κ2) is 18.6. The van der Waals surface area contributed by atoms with Gasteiger partial charge in [-0.05, 0) is 32.1 Å². The van der Waals surface area contributed by atoms with Gasteiger partial charge in [-0.15, -0.1) is 0 Å². The number of aliphatic hydroxyl groups excluding tert-OH is 1. The third-order valence-electron chi connectivity index (χ3n) is 4.68. The van der Waals surface area contributed by atoms with Gasteiger partial charge in [0.2, 0.25) is 0 Å². The van der Waals surface area contributed by atoms with E-state index in [0.29, 0.717) is 6.42 Å². The lowest BCUT2D eigenvalue weighted by Gasteiger charge is -2.23. The van der Waals surface area contributed by atoms with Gasteiger partial charge in [-0.1, -0.05) is 70.4 Å². The van der Waals surface area contributed by atoms with Gasteiger partial charge in [-0.3, -0.25) is 0 Å². The minimum absolute atomic E-state index is 0. The number of carbonyl (C=O) groups excluding carboxylic acids is 1. The van der Waals surface area contributed by atoms with Crippen LogP contribution in [0.4, 0.5) is 0 Å². The average Bonchev–Trinajstić information content (AvgIpc) is 2.58. The molecular formula is C21H42BrNO2. The lowest BCUT2D eigenvalue weighted by molar-refractivity contribution is -0.835. The topological polar surface area (TPSA) is 37.3 Å². The maximum atomic E-state index is 11.8. The summed E-state index contributed by atoms with van der Waals surface area (Å²) in [4.78, 5) is 11.8. The Labute approximate surface area is 167 Å². The third-order valence-corrected chi connectivity index (χ3v) is 4.68. The number of hydrogen-bond donors (Lipinski definition) is 1. The van der Waals surface area contributed by atoms with E-state index < -0.39 is 0 Å². The molecule has 0 aromatic rings. The molecule has 0 unspecified atom stereocenters. The van der Waals surface area contributed by atoms with Gasteiger partial charge >= 0.3 is 5.91 Å². The Morgan fingerprint density at radius 2 is 1.24 bits per heavy atom. The van der Waals surface area contributed by atoms with Crippen LogP contribution >= 0.6 is 0 Å². The molecule has 0 aromatic heterocycles. The minimum atomic E-state index is -0.107. The molecule has 0 saturated carbocycles. The molecule has 0 aliphatic rings. The minimum Gasteiger partial charge on any atom is -1.00 e. The lowest BCUT2D eigenvalue weighted by Crippen LogP contribution is -3.00. The maximum absolute atomic E-state index is 11.8. The van der Waals surface area contributed by atoms with Crippen LogP contribution in [0, 0.1) is 0 Å². The molecule has 1 amide bonds. The highest BCUT2D eigenvalue weighted by Crippen LogP contribution is 2.11. The van der Waals surface area contributed by atoms with Crippen molar-refractivity contribution < 1.29 is 31.4 Å². The third kappa shape index (κ3) is 17.0. The van der Waals surface area contributed by atoms with E-state index in [0.717, 1.165) is 12.8 Å². The molecule has 0 fully saturated rings. The predicted octanol–water partition coefficient (Wildman–Crippen LogP) is 2.58. The van der Waals surface area contributed by atoms with Crippen molar-refractivity contribution in [1.29, 1.82) is 0 Å². The zero-order valence-corrected chi connectivity index (χ0v) is 18.5. The Morgan fingerprint density at radius 1 is 0.800 bits per heavy atom. The zero-order valence-electron chi connectivity index (χ0n) is 16.9. The summed E-state index contributed by atoms with van der Waals surface area (Å²) < 4.78 is 0.0867. The van der Waals surface area contributed by atoms with E-state index in [4.69, 9.17) is 5.11 Å². The summed E-state index contributed by atoms with van der Waals surface area (Å²) in [6, 6.07) is 0. The van der Waals surface area contributed by atoms with Gasteiger partial charge in [-0.25, -0.2) is 9.28 Å². The smallest absolute Gasteiger partial charge is 0.315 e. The molecule has 0 bridgehead atoms. The van der Waals surface area contributed by atoms with Crippen molar-refractivity contribution in [1.82, 2.24) is 0 Å². The predicted molar refractivity (Wildman–Crippen MR) is 104 cm³/mol. The molecule has 3 nitrogen and oxygen atoms in total. The molecule has 0 spiro atoms. The van der Waals surface area contributed by atoms with Crippen LogP contribution in [0.25, 0.3) is 0 Å². The number of hydrogen-bond acceptors (Lipinski definition) is 2. The van der Waals surface area contributed by atoms with Crippen LogP contribution in [0.1, 0.15) is 96.8 Å². The molecule has 150 valence electrons. The van der Waals surface area contributed by atoms with Crippen molar-refractivity contribution in [2.24, 2.45) is 0 Å². The van der Waals surface area contributed by atoms with Gasteiger partial charge in [0.05, 0.1) is 20.5 Å². The molecule has 0 saturated heterocycles. The highest BCUT2D eigenvalue weighted by molar-refractivity contribution is 5.68. The number of carbonyl (C=O) groups is 1. The van der Waals surface area contributed by atoms with Crippen LogP contribution in [0.3, 0.4) is 0 Å². The van der Waals surface area contributed by atoms with Gasteiger partial charge in [0.1, 0.15) is 0 Å². The van der Waals surface area contributed by atoms with E-state index in [-0.39, 0.29) is 34.1 Å². The Bertz CT molecular complexity index is 330. The second-order valence-corrected chi connectivity index (χ2v) is 7.55. The van der Waals surface area contributed by atoms with Crippen molar-refractivity contribution in [2.75, 3.05) is 20.8 Å². The Morgan fingerprint density at radius 3 is 1.72 bits per heavy atom. The number of nitrogens with zero attached hydrogens (tertiary/aromatic N) is 1. The molecule has 0 aliphatic heterocycles. The first-order valence-electron chi connectivity index (χ1n) is 10.2. The fourth-order valence-corrected chi connectivity index (χ4v) is 2.73. The quantitative estimate of drug-likeness (QED) is 0.180. The highest BCUT2D eigenvalue weighted by Gasteiger charge is 2.23. The summed E-state index contributed by atoms with van der Waals surface area (Å²) in [5.74, 6) is 0.134. The fourth-order valence-electron chi connectivity index (χ4n) is 2.73. The van der Waals surface area contributed by atoms with E-state index >= 15 is 0 Å². The average molecular weight is 420 g/mol. The van der Waals surface area contributed by atoms with E-state index in [1.54, 1.807) is 14.1 Å². The SMILES string of the molecule is CCCCCCCCC=CCCCCCCCC(=O)[N+](C)(C)CO.[Br-]. The summed E-state index contributed by atoms with van der Waals surface area (Å²) in [6.45, 7) is 2.16.